The number of aliphatic imine (C=N–C) groups is 2. The van der Waals surface area contributed by atoms with Crippen molar-refractivity contribution in [1.29, 1.82) is 0 Å². The van der Waals surface area contributed by atoms with Gasteiger partial charge in [0.1, 0.15) is 23.8 Å². The lowest BCUT2D eigenvalue weighted by molar-refractivity contribution is 0.153. The highest BCUT2D eigenvalue weighted by molar-refractivity contribution is 6.06. The third-order valence-electron chi connectivity index (χ3n) is 5.67. The van der Waals surface area contributed by atoms with E-state index < -0.39 is 0 Å². The molecule has 0 unspecified atom stereocenters. The van der Waals surface area contributed by atoms with Crippen LogP contribution in [0.15, 0.2) is 94.2 Å². The number of hydrogen-bond acceptors (Lipinski definition) is 8. The van der Waals surface area contributed by atoms with Gasteiger partial charge in [-0.1, -0.05) is 37.0 Å². The first-order chi connectivity index (χ1) is 18.6. The molecular weight excluding hydrogens is 480 g/mol. The molecule has 2 aliphatic rings. The lowest BCUT2D eigenvalue weighted by Crippen LogP contribution is -2.24. The lowest BCUT2D eigenvalue weighted by atomic mass is 10.2. The minimum absolute atomic E-state index is 0.422. The first kappa shape index (κ1) is 31.2. The fourth-order valence-corrected chi connectivity index (χ4v) is 3.66. The minimum Gasteiger partial charge on any atom is -0.492 e. The van der Waals surface area contributed by atoms with Crippen molar-refractivity contribution in [3.8, 4) is 0 Å². The van der Waals surface area contributed by atoms with Crippen LogP contribution in [0.25, 0.3) is 0 Å². The second-order valence-corrected chi connectivity index (χ2v) is 8.88. The van der Waals surface area contributed by atoms with Gasteiger partial charge in [0.2, 0.25) is 0 Å². The quantitative estimate of drug-likeness (QED) is 0.114. The summed E-state index contributed by atoms with van der Waals surface area (Å²) >= 11 is 0. The monoisotopic (exact) mass is 524 g/mol. The van der Waals surface area contributed by atoms with E-state index >= 15 is 0 Å². The molecule has 0 radical (unpaired) electrons. The molecule has 2 rings (SSSR count). The number of nitrogens with zero attached hydrogens (tertiary/aromatic N) is 3. The first-order valence-corrected chi connectivity index (χ1v) is 13.2. The summed E-state index contributed by atoms with van der Waals surface area (Å²) in [4.78, 5) is 10.5. The molecule has 38 heavy (non-hydrogen) atoms. The van der Waals surface area contributed by atoms with E-state index in [0.717, 1.165) is 29.9 Å². The Kier molecular flexibility index (Phi) is 16.4. The molecule has 0 atom stereocenters. The van der Waals surface area contributed by atoms with Crippen LogP contribution in [0.1, 0.15) is 26.2 Å². The lowest BCUT2D eigenvalue weighted by Gasteiger charge is -2.17. The van der Waals surface area contributed by atoms with E-state index in [-0.39, 0.29) is 0 Å². The Morgan fingerprint density at radius 1 is 1.18 bits per heavy atom. The Morgan fingerprint density at radius 2 is 1.97 bits per heavy atom. The van der Waals surface area contributed by atoms with Crippen LogP contribution in [0, 0.1) is 0 Å². The maximum absolute atomic E-state index is 6.10. The fraction of sp³-hybridized carbons (Fsp3) is 0.467. The third-order valence-corrected chi connectivity index (χ3v) is 5.67. The van der Waals surface area contributed by atoms with E-state index in [0.29, 0.717) is 51.2 Å². The van der Waals surface area contributed by atoms with Gasteiger partial charge in [0, 0.05) is 18.3 Å². The summed E-state index contributed by atoms with van der Waals surface area (Å²) in [5.41, 5.74) is 2.58. The summed E-state index contributed by atoms with van der Waals surface area (Å²) < 4.78 is 23.3. The largest absolute Gasteiger partial charge is 0.492 e. The van der Waals surface area contributed by atoms with Crippen LogP contribution in [0.3, 0.4) is 0 Å². The number of ether oxygens (including phenoxy) is 4. The standard InChI is InChI=1S/C30H44N4O4/c1-26(23-38-27(2)29(14-15-31-3)33-25-32-4)22-35-19-10-11-20-36-24-28-12-6-5-7-13-30(28)37-21-18-34-16-8-9-17-34/h5-6,10-15,23,32H,2-3,7-9,16-22,24-25H2,1,4H3/b11-10+,15-14-,26-23+,33-29+. The van der Waals surface area contributed by atoms with Gasteiger partial charge >= 0.3 is 0 Å². The zero-order chi connectivity index (χ0) is 27.3. The van der Waals surface area contributed by atoms with Crippen molar-refractivity contribution in [3.63, 3.8) is 0 Å². The maximum atomic E-state index is 6.10. The molecule has 1 aliphatic heterocycles. The van der Waals surface area contributed by atoms with Crippen LogP contribution >= 0.6 is 0 Å². The fourth-order valence-electron chi connectivity index (χ4n) is 3.66. The van der Waals surface area contributed by atoms with Crippen molar-refractivity contribution in [2.24, 2.45) is 9.98 Å². The zero-order valence-electron chi connectivity index (χ0n) is 23.1. The van der Waals surface area contributed by atoms with E-state index in [1.54, 1.807) is 18.5 Å². The predicted octanol–water partition coefficient (Wildman–Crippen LogP) is 4.72. The van der Waals surface area contributed by atoms with Gasteiger partial charge in [-0.05, 0) is 70.8 Å². The van der Waals surface area contributed by atoms with Crippen molar-refractivity contribution in [2.45, 2.75) is 26.2 Å². The Balaban J connectivity index is 1.63. The Bertz CT molecular complexity index is 938. The summed E-state index contributed by atoms with van der Waals surface area (Å²) in [7, 11) is 1.81. The number of nitrogens with one attached hydrogen (secondary N) is 1. The molecule has 0 aromatic carbocycles. The highest BCUT2D eigenvalue weighted by Crippen LogP contribution is 2.17. The molecule has 8 heteroatoms. The molecule has 0 aromatic heterocycles. The average molecular weight is 525 g/mol. The SMILES string of the molecule is C=N/C=C\C(=N/CNC)C(=C)O/C=C(\C)COC/C=C/COCC1=CC=CCC=C1OCCN1CCCC1. The van der Waals surface area contributed by atoms with Crippen LogP contribution in [-0.4, -0.2) is 83.7 Å². The van der Waals surface area contributed by atoms with Crippen LogP contribution in [0.2, 0.25) is 0 Å². The van der Waals surface area contributed by atoms with Gasteiger partial charge in [0.25, 0.3) is 0 Å². The van der Waals surface area contributed by atoms with E-state index in [1.807, 2.05) is 26.1 Å². The van der Waals surface area contributed by atoms with Crippen molar-refractivity contribution < 1.29 is 18.9 Å². The molecule has 0 amide bonds. The Hall–Kier alpha value is -3.04. The summed E-state index contributed by atoms with van der Waals surface area (Å²) in [6.45, 7) is 15.7. The molecule has 0 spiro atoms. The van der Waals surface area contributed by atoms with Crippen LogP contribution in [0.4, 0.5) is 0 Å². The van der Waals surface area contributed by atoms with Crippen molar-refractivity contribution >= 4 is 12.4 Å². The van der Waals surface area contributed by atoms with Gasteiger partial charge in [-0.3, -0.25) is 14.9 Å². The van der Waals surface area contributed by atoms with Crippen LogP contribution in [-0.2, 0) is 18.9 Å². The van der Waals surface area contributed by atoms with Gasteiger partial charge in [-0.25, -0.2) is 0 Å². The number of hydrogen-bond donors (Lipinski definition) is 1. The van der Waals surface area contributed by atoms with E-state index in [2.05, 4.69) is 57.8 Å². The van der Waals surface area contributed by atoms with Crippen molar-refractivity contribution in [3.05, 3.63) is 84.2 Å². The molecule has 1 fully saturated rings. The molecule has 1 heterocycles. The van der Waals surface area contributed by atoms with E-state index in [9.17, 15) is 0 Å². The van der Waals surface area contributed by atoms with Gasteiger partial charge in [-0.15, -0.1) is 0 Å². The van der Waals surface area contributed by atoms with Crippen LogP contribution < -0.4 is 5.32 Å². The van der Waals surface area contributed by atoms with Crippen LogP contribution in [0.5, 0.6) is 0 Å². The van der Waals surface area contributed by atoms with Gasteiger partial charge in [0.05, 0.1) is 39.4 Å². The highest BCUT2D eigenvalue weighted by Gasteiger charge is 2.13. The summed E-state index contributed by atoms with van der Waals surface area (Å²) in [5.74, 6) is 1.35. The van der Waals surface area contributed by atoms with Gasteiger partial charge in [-0.2, -0.15) is 0 Å². The molecule has 0 saturated carbocycles. The van der Waals surface area contributed by atoms with E-state index in [4.69, 9.17) is 18.9 Å². The van der Waals surface area contributed by atoms with Crippen molar-refractivity contribution in [1.82, 2.24) is 10.2 Å². The zero-order valence-corrected chi connectivity index (χ0v) is 23.1. The number of rotatable bonds is 19. The molecule has 1 saturated heterocycles. The summed E-state index contributed by atoms with van der Waals surface area (Å²) in [6.07, 6.45) is 20.6. The molecule has 8 nitrogen and oxygen atoms in total. The molecule has 208 valence electrons. The Morgan fingerprint density at radius 3 is 2.74 bits per heavy atom. The van der Waals surface area contributed by atoms with Crippen molar-refractivity contribution in [2.75, 3.05) is 66.4 Å². The first-order valence-electron chi connectivity index (χ1n) is 13.2. The molecule has 0 aromatic rings. The second kappa shape index (κ2) is 20.0. The minimum atomic E-state index is 0.422. The number of likely N-dealkylation sites (tertiary alicyclic amines) is 1. The van der Waals surface area contributed by atoms with Gasteiger partial charge < -0.3 is 24.3 Å². The molecule has 1 N–H and O–H groups in total. The topological polar surface area (TPSA) is 76.9 Å². The van der Waals surface area contributed by atoms with E-state index in [1.165, 1.54) is 25.9 Å². The summed E-state index contributed by atoms with van der Waals surface area (Å²) in [6, 6.07) is 0. The smallest absolute Gasteiger partial charge is 0.144 e. The molecular formula is C30H44N4O4. The maximum Gasteiger partial charge on any atom is 0.144 e. The number of allylic oxidation sites excluding steroid dienone is 5. The second-order valence-electron chi connectivity index (χ2n) is 8.88. The third kappa shape index (κ3) is 13.5. The normalized spacial score (nSPS) is 17.1. The average Bonchev–Trinajstić information content (AvgIpc) is 3.34. The summed E-state index contributed by atoms with van der Waals surface area (Å²) in [5, 5.41) is 2.95. The highest BCUT2D eigenvalue weighted by atomic mass is 16.5. The molecule has 0 bridgehead atoms. The Labute approximate surface area is 228 Å². The molecule has 1 aliphatic carbocycles. The van der Waals surface area contributed by atoms with Gasteiger partial charge in [0.15, 0.2) is 0 Å². The predicted molar refractivity (Wildman–Crippen MR) is 156 cm³/mol.